The first kappa shape index (κ1) is 7.35. The second-order valence-electron chi connectivity index (χ2n) is 3.63. The fourth-order valence-corrected chi connectivity index (χ4v) is 3.66. The highest BCUT2D eigenvalue weighted by atomic mass is 28.2. The van der Waals surface area contributed by atoms with Gasteiger partial charge in [0.2, 0.25) is 0 Å². The van der Waals surface area contributed by atoms with Crippen molar-refractivity contribution in [3.63, 3.8) is 0 Å². The van der Waals surface area contributed by atoms with Crippen molar-refractivity contribution in [2.75, 3.05) is 0 Å². The molecule has 2 aliphatic carbocycles. The van der Waals surface area contributed by atoms with Crippen LogP contribution >= 0.6 is 0 Å². The standard InChI is InChI=1S/C10H16Si/c1-11-10-7-6-8-4-2-3-5-9(8)10/h6-7,10H,2-5,11H2,1H3. The van der Waals surface area contributed by atoms with Gasteiger partial charge in [-0.25, -0.2) is 0 Å². The van der Waals surface area contributed by atoms with Crippen LogP contribution in [0.2, 0.25) is 12.1 Å². The monoisotopic (exact) mass is 164 g/mol. The first-order chi connectivity index (χ1) is 5.42. The summed E-state index contributed by atoms with van der Waals surface area (Å²) >= 11 is 0. The molecule has 0 saturated carbocycles. The molecule has 0 spiro atoms. The largest absolute Gasteiger partial charge is 0.0805 e. The summed E-state index contributed by atoms with van der Waals surface area (Å²) in [4.78, 5) is 0. The van der Waals surface area contributed by atoms with Crippen LogP contribution in [-0.2, 0) is 0 Å². The zero-order valence-electron chi connectivity index (χ0n) is 7.27. The number of hydrogen-bond donors (Lipinski definition) is 0. The SMILES string of the molecule is C[SiH2]C1C=CC2=C1CCCC2. The normalized spacial score (nSPS) is 30.5. The molecular weight excluding hydrogens is 148 g/mol. The van der Waals surface area contributed by atoms with E-state index in [9.17, 15) is 0 Å². The molecular formula is C10H16Si. The van der Waals surface area contributed by atoms with Crippen LogP contribution in [0.1, 0.15) is 25.7 Å². The van der Waals surface area contributed by atoms with Gasteiger partial charge in [0.15, 0.2) is 0 Å². The highest BCUT2D eigenvalue weighted by Gasteiger charge is 2.20. The molecule has 0 heterocycles. The zero-order valence-corrected chi connectivity index (χ0v) is 8.68. The molecule has 1 heteroatoms. The van der Waals surface area contributed by atoms with Crippen molar-refractivity contribution >= 4 is 9.52 Å². The van der Waals surface area contributed by atoms with Gasteiger partial charge in [-0.05, 0) is 36.8 Å². The number of allylic oxidation sites excluding steroid dienone is 4. The predicted octanol–water partition coefficient (Wildman–Crippen LogP) is 2.43. The first-order valence-electron chi connectivity index (χ1n) is 4.82. The molecule has 2 aliphatic rings. The molecule has 0 bridgehead atoms. The van der Waals surface area contributed by atoms with Gasteiger partial charge in [-0.15, -0.1) is 0 Å². The Balaban J connectivity index is 2.21. The average Bonchev–Trinajstić information content (AvgIpc) is 2.47. The summed E-state index contributed by atoms with van der Waals surface area (Å²) < 4.78 is 0. The third-order valence-electron chi connectivity index (χ3n) is 2.97. The van der Waals surface area contributed by atoms with Crippen molar-refractivity contribution in [3.8, 4) is 0 Å². The Hall–Kier alpha value is -0.303. The van der Waals surface area contributed by atoms with E-state index in [1.54, 1.807) is 5.57 Å². The van der Waals surface area contributed by atoms with E-state index in [1.165, 1.54) is 25.7 Å². The molecule has 0 aromatic heterocycles. The summed E-state index contributed by atoms with van der Waals surface area (Å²) in [7, 11) is 0.180. The second-order valence-corrected chi connectivity index (χ2v) is 5.33. The molecule has 2 rings (SSSR count). The average molecular weight is 164 g/mol. The Bertz CT molecular complexity index is 213. The third kappa shape index (κ3) is 1.22. The van der Waals surface area contributed by atoms with Crippen LogP contribution in [0.4, 0.5) is 0 Å². The molecule has 0 N–H and O–H groups in total. The van der Waals surface area contributed by atoms with Gasteiger partial charge in [0, 0.05) is 9.52 Å². The summed E-state index contributed by atoms with van der Waals surface area (Å²) in [5, 5.41) is 0. The van der Waals surface area contributed by atoms with Gasteiger partial charge >= 0.3 is 0 Å². The van der Waals surface area contributed by atoms with E-state index in [2.05, 4.69) is 18.7 Å². The van der Waals surface area contributed by atoms with Crippen molar-refractivity contribution < 1.29 is 0 Å². The van der Waals surface area contributed by atoms with Gasteiger partial charge in [-0.1, -0.05) is 24.3 Å². The van der Waals surface area contributed by atoms with Crippen molar-refractivity contribution in [1.82, 2.24) is 0 Å². The number of rotatable bonds is 1. The Kier molecular flexibility index (Phi) is 1.99. The van der Waals surface area contributed by atoms with Crippen LogP contribution in [0.5, 0.6) is 0 Å². The Morgan fingerprint density at radius 3 is 3.00 bits per heavy atom. The van der Waals surface area contributed by atoms with Gasteiger partial charge in [-0.3, -0.25) is 0 Å². The minimum absolute atomic E-state index is 0.180. The molecule has 0 aromatic carbocycles. The van der Waals surface area contributed by atoms with E-state index in [0.29, 0.717) is 0 Å². The van der Waals surface area contributed by atoms with Crippen LogP contribution in [0, 0.1) is 0 Å². The fourth-order valence-electron chi connectivity index (χ4n) is 2.30. The van der Waals surface area contributed by atoms with E-state index < -0.39 is 0 Å². The molecule has 0 saturated heterocycles. The minimum Gasteiger partial charge on any atom is -0.0805 e. The van der Waals surface area contributed by atoms with Crippen LogP contribution in [0.25, 0.3) is 0 Å². The Morgan fingerprint density at radius 2 is 2.18 bits per heavy atom. The highest BCUT2D eigenvalue weighted by molar-refractivity contribution is 6.38. The molecule has 0 amide bonds. The van der Waals surface area contributed by atoms with E-state index in [1.807, 2.05) is 5.57 Å². The smallest absolute Gasteiger partial charge is 0.0300 e. The number of hydrogen-bond acceptors (Lipinski definition) is 0. The summed E-state index contributed by atoms with van der Waals surface area (Å²) in [5.41, 5.74) is 4.48. The lowest BCUT2D eigenvalue weighted by Crippen LogP contribution is -2.02. The van der Waals surface area contributed by atoms with Gasteiger partial charge in [0.1, 0.15) is 0 Å². The van der Waals surface area contributed by atoms with Crippen LogP contribution in [-0.4, -0.2) is 9.52 Å². The molecule has 0 aliphatic heterocycles. The quantitative estimate of drug-likeness (QED) is 0.522. The lowest BCUT2D eigenvalue weighted by atomic mass is 9.94. The van der Waals surface area contributed by atoms with Gasteiger partial charge in [0.05, 0.1) is 0 Å². The van der Waals surface area contributed by atoms with Gasteiger partial charge in [0.25, 0.3) is 0 Å². The lowest BCUT2D eigenvalue weighted by molar-refractivity contribution is 0.680. The van der Waals surface area contributed by atoms with E-state index in [-0.39, 0.29) is 9.52 Å². The van der Waals surface area contributed by atoms with E-state index in [4.69, 9.17) is 0 Å². The molecule has 0 radical (unpaired) electrons. The maximum absolute atomic E-state index is 2.46. The van der Waals surface area contributed by atoms with Crippen LogP contribution < -0.4 is 0 Å². The zero-order chi connectivity index (χ0) is 7.68. The lowest BCUT2D eigenvalue weighted by Gasteiger charge is -2.17. The van der Waals surface area contributed by atoms with E-state index in [0.717, 1.165) is 5.54 Å². The molecule has 1 unspecified atom stereocenters. The summed E-state index contributed by atoms with van der Waals surface area (Å²) in [6.07, 6.45) is 10.5. The van der Waals surface area contributed by atoms with Crippen molar-refractivity contribution in [1.29, 1.82) is 0 Å². The summed E-state index contributed by atoms with van der Waals surface area (Å²) in [6, 6.07) is 0. The maximum atomic E-state index is 2.46. The Morgan fingerprint density at radius 1 is 1.36 bits per heavy atom. The summed E-state index contributed by atoms with van der Waals surface area (Å²) in [6.45, 7) is 2.43. The van der Waals surface area contributed by atoms with Crippen molar-refractivity contribution in [2.45, 2.75) is 37.8 Å². The summed E-state index contributed by atoms with van der Waals surface area (Å²) in [5.74, 6) is 0. The van der Waals surface area contributed by atoms with Crippen molar-refractivity contribution in [2.24, 2.45) is 0 Å². The van der Waals surface area contributed by atoms with Gasteiger partial charge in [-0.2, -0.15) is 0 Å². The van der Waals surface area contributed by atoms with Crippen LogP contribution in [0.3, 0.4) is 0 Å². The Labute approximate surface area is 71.2 Å². The second kappa shape index (κ2) is 2.98. The van der Waals surface area contributed by atoms with Gasteiger partial charge < -0.3 is 0 Å². The topological polar surface area (TPSA) is 0 Å². The predicted molar refractivity (Wildman–Crippen MR) is 52.8 cm³/mol. The first-order valence-corrected chi connectivity index (χ1v) is 7.05. The van der Waals surface area contributed by atoms with E-state index >= 15 is 0 Å². The van der Waals surface area contributed by atoms with Crippen LogP contribution in [0.15, 0.2) is 23.3 Å². The molecule has 0 fully saturated rings. The molecule has 0 aromatic rings. The fraction of sp³-hybridized carbons (Fsp3) is 0.600. The molecule has 11 heavy (non-hydrogen) atoms. The molecule has 60 valence electrons. The molecule has 0 nitrogen and oxygen atoms in total. The molecule has 1 atom stereocenters. The third-order valence-corrected chi connectivity index (χ3v) is 4.62. The minimum atomic E-state index is 0.180. The highest BCUT2D eigenvalue weighted by Crippen LogP contribution is 2.38. The van der Waals surface area contributed by atoms with Crippen molar-refractivity contribution in [3.05, 3.63) is 23.3 Å². The maximum Gasteiger partial charge on any atom is 0.0300 e.